The standard InChI is InChI=1S/C10H14S.C2H6/c1-4-9(5-2)10-6-7-11-8(10)3;1-2/h4,6-7H,5H2,1-3H3;1-2H3/b9-4-;. The Balaban J connectivity index is 0.000000671. The van der Waals surface area contributed by atoms with E-state index in [1.165, 1.54) is 16.0 Å². The van der Waals surface area contributed by atoms with E-state index in [1.54, 1.807) is 0 Å². The van der Waals surface area contributed by atoms with Gasteiger partial charge in [-0.1, -0.05) is 26.8 Å². The highest BCUT2D eigenvalue weighted by atomic mass is 32.1. The van der Waals surface area contributed by atoms with Gasteiger partial charge >= 0.3 is 0 Å². The fourth-order valence-electron chi connectivity index (χ4n) is 1.27. The van der Waals surface area contributed by atoms with Gasteiger partial charge in [-0.15, -0.1) is 11.3 Å². The van der Waals surface area contributed by atoms with Gasteiger partial charge in [-0.05, 0) is 42.9 Å². The van der Waals surface area contributed by atoms with E-state index < -0.39 is 0 Å². The smallest absolute Gasteiger partial charge is 0.00892 e. The van der Waals surface area contributed by atoms with Gasteiger partial charge in [-0.3, -0.25) is 0 Å². The zero-order valence-corrected chi connectivity index (χ0v) is 10.2. The van der Waals surface area contributed by atoms with Crippen molar-refractivity contribution in [3.8, 4) is 0 Å². The van der Waals surface area contributed by atoms with Crippen molar-refractivity contribution >= 4 is 16.9 Å². The predicted molar refractivity (Wildman–Crippen MR) is 64.3 cm³/mol. The maximum absolute atomic E-state index is 2.21. The van der Waals surface area contributed by atoms with E-state index >= 15 is 0 Å². The van der Waals surface area contributed by atoms with Crippen LogP contribution in [0, 0.1) is 6.92 Å². The van der Waals surface area contributed by atoms with E-state index in [9.17, 15) is 0 Å². The normalized spacial score (nSPS) is 10.7. The Morgan fingerprint density at radius 1 is 1.46 bits per heavy atom. The molecule has 0 amide bonds. The maximum Gasteiger partial charge on any atom is 0.00892 e. The molecule has 0 fully saturated rings. The van der Waals surface area contributed by atoms with Crippen molar-refractivity contribution < 1.29 is 0 Å². The summed E-state index contributed by atoms with van der Waals surface area (Å²) in [7, 11) is 0. The molecule has 1 aromatic rings. The Kier molecular flexibility index (Phi) is 6.61. The Hall–Kier alpha value is -0.560. The Morgan fingerprint density at radius 3 is 2.38 bits per heavy atom. The molecule has 1 aromatic heterocycles. The van der Waals surface area contributed by atoms with E-state index in [0.717, 1.165) is 6.42 Å². The highest BCUT2D eigenvalue weighted by molar-refractivity contribution is 7.10. The first-order chi connectivity index (χ1) is 6.29. The van der Waals surface area contributed by atoms with E-state index in [1.807, 2.05) is 25.2 Å². The van der Waals surface area contributed by atoms with E-state index in [-0.39, 0.29) is 0 Å². The minimum atomic E-state index is 1.13. The van der Waals surface area contributed by atoms with Gasteiger partial charge in [0.2, 0.25) is 0 Å². The van der Waals surface area contributed by atoms with Crippen LogP contribution in [0.1, 0.15) is 44.6 Å². The van der Waals surface area contributed by atoms with Gasteiger partial charge in [0.25, 0.3) is 0 Å². The van der Waals surface area contributed by atoms with Crippen LogP contribution >= 0.6 is 11.3 Å². The topological polar surface area (TPSA) is 0 Å². The molecule has 0 nitrogen and oxygen atoms in total. The first-order valence-electron chi connectivity index (χ1n) is 4.99. The third-order valence-electron chi connectivity index (χ3n) is 1.93. The Morgan fingerprint density at radius 2 is 2.08 bits per heavy atom. The van der Waals surface area contributed by atoms with Crippen molar-refractivity contribution in [1.82, 2.24) is 0 Å². The number of hydrogen-bond acceptors (Lipinski definition) is 1. The molecule has 0 unspecified atom stereocenters. The summed E-state index contributed by atoms with van der Waals surface area (Å²) in [6, 6.07) is 2.21. The summed E-state index contributed by atoms with van der Waals surface area (Å²) in [6.07, 6.45) is 3.34. The predicted octanol–water partition coefficient (Wildman–Crippen LogP) is 4.90. The molecule has 0 aromatic carbocycles. The largest absolute Gasteiger partial charge is 0.149 e. The average molecular weight is 196 g/mol. The molecule has 0 saturated heterocycles. The molecule has 0 bridgehead atoms. The van der Waals surface area contributed by atoms with Gasteiger partial charge in [-0.2, -0.15) is 0 Å². The first-order valence-corrected chi connectivity index (χ1v) is 5.87. The van der Waals surface area contributed by atoms with Gasteiger partial charge in [0, 0.05) is 4.88 Å². The van der Waals surface area contributed by atoms with Crippen molar-refractivity contribution in [2.24, 2.45) is 0 Å². The lowest BCUT2D eigenvalue weighted by Gasteiger charge is -2.01. The zero-order chi connectivity index (χ0) is 10.3. The molecule has 0 N–H and O–H groups in total. The van der Waals surface area contributed by atoms with E-state index in [0.29, 0.717) is 0 Å². The third kappa shape index (κ3) is 3.35. The molecule has 0 aliphatic carbocycles. The van der Waals surface area contributed by atoms with Crippen LogP contribution in [0.4, 0.5) is 0 Å². The van der Waals surface area contributed by atoms with Crippen LogP contribution in [0.3, 0.4) is 0 Å². The summed E-state index contributed by atoms with van der Waals surface area (Å²) >= 11 is 1.82. The van der Waals surface area contributed by atoms with Crippen molar-refractivity contribution in [3.05, 3.63) is 28.0 Å². The highest BCUT2D eigenvalue weighted by Crippen LogP contribution is 2.25. The van der Waals surface area contributed by atoms with Crippen molar-refractivity contribution in [2.75, 3.05) is 0 Å². The van der Waals surface area contributed by atoms with Gasteiger partial charge in [-0.25, -0.2) is 0 Å². The monoisotopic (exact) mass is 196 g/mol. The van der Waals surface area contributed by atoms with Crippen LogP contribution in [0.5, 0.6) is 0 Å². The molecule has 1 rings (SSSR count). The minimum absolute atomic E-state index is 1.13. The molecule has 1 heterocycles. The summed E-state index contributed by atoms with van der Waals surface area (Å²) in [5.41, 5.74) is 2.89. The third-order valence-corrected chi connectivity index (χ3v) is 2.78. The molecular weight excluding hydrogens is 176 g/mol. The lowest BCUT2D eigenvalue weighted by Crippen LogP contribution is -1.80. The maximum atomic E-state index is 2.21. The van der Waals surface area contributed by atoms with Crippen molar-refractivity contribution in [3.63, 3.8) is 0 Å². The summed E-state index contributed by atoms with van der Waals surface area (Å²) in [5.74, 6) is 0. The van der Waals surface area contributed by atoms with Crippen LogP contribution < -0.4 is 0 Å². The second-order valence-electron chi connectivity index (χ2n) is 2.56. The number of thiophene rings is 1. The number of hydrogen-bond donors (Lipinski definition) is 0. The molecule has 0 saturated carbocycles. The van der Waals surface area contributed by atoms with Crippen LogP contribution in [0.25, 0.3) is 5.57 Å². The fourth-order valence-corrected chi connectivity index (χ4v) is 2.00. The fraction of sp³-hybridized carbons (Fsp3) is 0.500. The quantitative estimate of drug-likeness (QED) is 0.631. The molecular formula is C12H20S. The van der Waals surface area contributed by atoms with Gasteiger partial charge in [0.05, 0.1) is 0 Å². The average Bonchev–Trinajstić information content (AvgIpc) is 2.58. The molecule has 0 radical (unpaired) electrons. The SMILES string of the molecule is C/C=C(/CC)c1ccsc1C.CC. The lowest BCUT2D eigenvalue weighted by molar-refractivity contribution is 1.23. The molecule has 0 spiro atoms. The minimum Gasteiger partial charge on any atom is -0.149 e. The van der Waals surface area contributed by atoms with Crippen molar-refractivity contribution in [2.45, 2.75) is 41.0 Å². The number of rotatable bonds is 2. The summed E-state index contributed by atoms with van der Waals surface area (Å²) in [5, 5.41) is 2.16. The van der Waals surface area contributed by atoms with Crippen LogP contribution in [-0.2, 0) is 0 Å². The second kappa shape index (κ2) is 6.90. The van der Waals surface area contributed by atoms with E-state index in [4.69, 9.17) is 0 Å². The second-order valence-corrected chi connectivity index (χ2v) is 3.68. The molecule has 13 heavy (non-hydrogen) atoms. The van der Waals surface area contributed by atoms with Crippen LogP contribution in [-0.4, -0.2) is 0 Å². The highest BCUT2D eigenvalue weighted by Gasteiger charge is 2.01. The van der Waals surface area contributed by atoms with Gasteiger partial charge in [0.15, 0.2) is 0 Å². The summed E-state index contributed by atoms with van der Waals surface area (Å²) < 4.78 is 0. The van der Waals surface area contributed by atoms with Crippen molar-refractivity contribution in [1.29, 1.82) is 0 Å². The molecule has 0 aliphatic rings. The number of aryl methyl sites for hydroxylation is 1. The number of allylic oxidation sites excluding steroid dienone is 2. The van der Waals surface area contributed by atoms with Gasteiger partial charge < -0.3 is 0 Å². The lowest BCUT2D eigenvalue weighted by atomic mass is 10.1. The first kappa shape index (κ1) is 12.4. The Bertz CT molecular complexity index is 256. The van der Waals surface area contributed by atoms with Crippen LogP contribution in [0.15, 0.2) is 17.5 Å². The molecule has 0 aliphatic heterocycles. The van der Waals surface area contributed by atoms with Gasteiger partial charge in [0.1, 0.15) is 0 Å². The molecule has 1 heteroatoms. The summed E-state index contributed by atoms with van der Waals surface area (Å²) in [4.78, 5) is 1.43. The summed E-state index contributed by atoms with van der Waals surface area (Å²) in [6.45, 7) is 10.5. The van der Waals surface area contributed by atoms with Crippen LogP contribution in [0.2, 0.25) is 0 Å². The molecule has 0 atom stereocenters. The Labute approximate surface area is 86.3 Å². The zero-order valence-electron chi connectivity index (χ0n) is 9.35. The molecule has 74 valence electrons. The van der Waals surface area contributed by atoms with E-state index in [2.05, 4.69) is 38.3 Å².